The molecule has 0 unspecified atom stereocenters. The van der Waals surface area contributed by atoms with E-state index >= 15 is 0 Å². The Labute approximate surface area is 133 Å². The van der Waals surface area contributed by atoms with Crippen LogP contribution in [0.4, 0.5) is 5.69 Å². The highest BCUT2D eigenvalue weighted by atomic mass is 79.9. The van der Waals surface area contributed by atoms with Crippen molar-refractivity contribution < 1.29 is 8.42 Å². The average molecular weight is 372 g/mol. The lowest BCUT2D eigenvalue weighted by Gasteiger charge is -2.09. The third-order valence-corrected chi connectivity index (χ3v) is 5.31. The number of anilines is 1. The van der Waals surface area contributed by atoms with Crippen molar-refractivity contribution in [3.8, 4) is 0 Å². The highest BCUT2D eigenvalue weighted by molar-refractivity contribution is 9.09. The largest absolute Gasteiger partial charge is 0.281 e. The first-order valence-corrected chi connectivity index (χ1v) is 9.24. The van der Waals surface area contributed by atoms with Crippen LogP contribution in [0.15, 0.2) is 29.2 Å². The molecular formula is C14H18BrN3O2S. The Hall–Kier alpha value is -1.34. The van der Waals surface area contributed by atoms with E-state index in [0.29, 0.717) is 17.1 Å². The smallest absolute Gasteiger partial charge is 0.265 e. The molecule has 114 valence electrons. The Morgan fingerprint density at radius 3 is 2.71 bits per heavy atom. The van der Waals surface area contributed by atoms with Crippen LogP contribution in [0.1, 0.15) is 23.4 Å². The van der Waals surface area contributed by atoms with Crippen molar-refractivity contribution in [2.75, 3.05) is 10.1 Å². The molecule has 7 heteroatoms. The van der Waals surface area contributed by atoms with Crippen LogP contribution in [0, 0.1) is 13.8 Å². The fraction of sp³-hybridized carbons (Fsp3) is 0.357. The normalized spacial score (nSPS) is 11.6. The standard InChI is InChI=1S/C14H18BrN3O2S/c1-10-14(11(2)17-16-10)21(19,20)18-13-7-3-5-12(9-13)6-4-8-15/h3,5,7,9,18H,4,6,8H2,1-2H3,(H,16,17). The van der Waals surface area contributed by atoms with E-state index in [1.807, 2.05) is 18.2 Å². The van der Waals surface area contributed by atoms with Gasteiger partial charge in [-0.2, -0.15) is 5.10 Å². The lowest BCUT2D eigenvalue weighted by Crippen LogP contribution is -2.14. The van der Waals surface area contributed by atoms with Gasteiger partial charge in [0.2, 0.25) is 0 Å². The molecule has 0 radical (unpaired) electrons. The van der Waals surface area contributed by atoms with E-state index in [1.54, 1.807) is 19.9 Å². The van der Waals surface area contributed by atoms with Crippen LogP contribution in [0.2, 0.25) is 0 Å². The van der Waals surface area contributed by atoms with Crippen LogP contribution in [-0.2, 0) is 16.4 Å². The third kappa shape index (κ3) is 3.85. The summed E-state index contributed by atoms with van der Waals surface area (Å²) in [4.78, 5) is 0.216. The maximum atomic E-state index is 12.5. The van der Waals surface area contributed by atoms with Gasteiger partial charge in [-0.3, -0.25) is 9.82 Å². The first-order valence-electron chi connectivity index (χ1n) is 6.63. The van der Waals surface area contributed by atoms with E-state index in [2.05, 4.69) is 30.8 Å². The van der Waals surface area contributed by atoms with E-state index in [-0.39, 0.29) is 4.90 Å². The zero-order valence-electron chi connectivity index (χ0n) is 12.0. The molecule has 0 atom stereocenters. The first-order chi connectivity index (χ1) is 9.94. The van der Waals surface area contributed by atoms with Gasteiger partial charge in [-0.25, -0.2) is 8.42 Å². The predicted molar refractivity (Wildman–Crippen MR) is 87.4 cm³/mol. The second-order valence-electron chi connectivity index (χ2n) is 4.86. The van der Waals surface area contributed by atoms with Crippen molar-refractivity contribution in [3.05, 3.63) is 41.2 Å². The summed E-state index contributed by atoms with van der Waals surface area (Å²) in [6.07, 6.45) is 1.92. The number of nitrogens with zero attached hydrogens (tertiary/aromatic N) is 1. The molecule has 1 aromatic heterocycles. The summed E-state index contributed by atoms with van der Waals surface area (Å²) < 4.78 is 27.5. The fourth-order valence-electron chi connectivity index (χ4n) is 2.20. The van der Waals surface area contributed by atoms with E-state index < -0.39 is 10.0 Å². The van der Waals surface area contributed by atoms with Gasteiger partial charge in [0.25, 0.3) is 10.0 Å². The number of aromatic nitrogens is 2. The molecule has 5 nitrogen and oxygen atoms in total. The average Bonchev–Trinajstić information content (AvgIpc) is 2.76. The summed E-state index contributed by atoms with van der Waals surface area (Å²) >= 11 is 3.39. The van der Waals surface area contributed by atoms with Gasteiger partial charge < -0.3 is 0 Å². The molecule has 1 aromatic carbocycles. The predicted octanol–water partition coefficient (Wildman–Crippen LogP) is 3.15. The Balaban J connectivity index is 2.25. The molecular weight excluding hydrogens is 354 g/mol. The number of rotatable bonds is 6. The number of nitrogens with one attached hydrogen (secondary N) is 2. The molecule has 0 bridgehead atoms. The van der Waals surface area contributed by atoms with Gasteiger partial charge in [0.05, 0.1) is 11.4 Å². The highest BCUT2D eigenvalue weighted by Crippen LogP contribution is 2.21. The molecule has 0 fully saturated rings. The zero-order valence-corrected chi connectivity index (χ0v) is 14.4. The van der Waals surface area contributed by atoms with Crippen molar-refractivity contribution in [1.29, 1.82) is 0 Å². The number of benzene rings is 1. The summed E-state index contributed by atoms with van der Waals surface area (Å²) in [5, 5.41) is 7.55. The second-order valence-corrected chi connectivity index (χ2v) is 7.27. The van der Waals surface area contributed by atoms with Crippen LogP contribution in [0.3, 0.4) is 0 Å². The Bertz CT molecular complexity index is 706. The molecule has 2 aromatic rings. The molecule has 0 aliphatic heterocycles. The van der Waals surface area contributed by atoms with E-state index in [0.717, 1.165) is 23.7 Å². The molecule has 0 aliphatic rings. The summed E-state index contributed by atoms with van der Waals surface area (Å²) in [5.41, 5.74) is 2.68. The molecule has 0 saturated carbocycles. The summed E-state index contributed by atoms with van der Waals surface area (Å²) in [5.74, 6) is 0. The SMILES string of the molecule is Cc1n[nH]c(C)c1S(=O)(=O)Nc1cccc(CCCBr)c1. The van der Waals surface area contributed by atoms with Gasteiger partial charge in [0, 0.05) is 11.0 Å². The molecule has 1 heterocycles. The van der Waals surface area contributed by atoms with Gasteiger partial charge in [0.1, 0.15) is 4.90 Å². The molecule has 2 rings (SSSR count). The number of hydrogen-bond donors (Lipinski definition) is 2. The summed E-state index contributed by atoms with van der Waals surface area (Å²) in [7, 11) is -3.62. The number of sulfonamides is 1. The minimum absolute atomic E-state index is 0.216. The van der Waals surface area contributed by atoms with Gasteiger partial charge in [0.15, 0.2) is 0 Å². The van der Waals surface area contributed by atoms with Gasteiger partial charge >= 0.3 is 0 Å². The number of hydrogen-bond acceptors (Lipinski definition) is 3. The number of aryl methyl sites for hydroxylation is 3. The van der Waals surface area contributed by atoms with Crippen LogP contribution >= 0.6 is 15.9 Å². The molecule has 0 saturated heterocycles. The van der Waals surface area contributed by atoms with E-state index in [9.17, 15) is 8.42 Å². The van der Waals surface area contributed by atoms with Crippen molar-refractivity contribution in [1.82, 2.24) is 10.2 Å². The Kier molecular flexibility index (Phi) is 5.05. The van der Waals surface area contributed by atoms with Gasteiger partial charge in [-0.05, 0) is 44.4 Å². The van der Waals surface area contributed by atoms with Crippen LogP contribution in [0.25, 0.3) is 0 Å². The van der Waals surface area contributed by atoms with Gasteiger partial charge in [-0.15, -0.1) is 0 Å². The second kappa shape index (κ2) is 6.62. The van der Waals surface area contributed by atoms with Crippen LogP contribution in [0.5, 0.6) is 0 Å². The van der Waals surface area contributed by atoms with Gasteiger partial charge in [-0.1, -0.05) is 28.1 Å². The number of alkyl halides is 1. The van der Waals surface area contributed by atoms with Crippen molar-refractivity contribution in [3.63, 3.8) is 0 Å². The van der Waals surface area contributed by atoms with E-state index in [1.165, 1.54) is 0 Å². The highest BCUT2D eigenvalue weighted by Gasteiger charge is 2.22. The fourth-order valence-corrected chi connectivity index (χ4v) is 3.91. The molecule has 0 aliphatic carbocycles. The molecule has 21 heavy (non-hydrogen) atoms. The van der Waals surface area contributed by atoms with Crippen molar-refractivity contribution in [2.24, 2.45) is 0 Å². The molecule has 0 amide bonds. The lowest BCUT2D eigenvalue weighted by atomic mass is 10.1. The molecule has 0 spiro atoms. The third-order valence-electron chi connectivity index (χ3n) is 3.11. The Morgan fingerprint density at radius 1 is 1.33 bits per heavy atom. The van der Waals surface area contributed by atoms with Crippen molar-refractivity contribution >= 4 is 31.6 Å². The minimum Gasteiger partial charge on any atom is -0.281 e. The topological polar surface area (TPSA) is 74.8 Å². The zero-order chi connectivity index (χ0) is 15.5. The summed E-state index contributed by atoms with van der Waals surface area (Å²) in [6, 6.07) is 7.47. The van der Waals surface area contributed by atoms with Crippen LogP contribution < -0.4 is 4.72 Å². The first kappa shape index (κ1) is 16.0. The van der Waals surface area contributed by atoms with E-state index in [4.69, 9.17) is 0 Å². The maximum Gasteiger partial charge on any atom is 0.265 e. The quantitative estimate of drug-likeness (QED) is 0.765. The lowest BCUT2D eigenvalue weighted by molar-refractivity contribution is 0.600. The van der Waals surface area contributed by atoms with Crippen LogP contribution in [-0.4, -0.2) is 23.9 Å². The van der Waals surface area contributed by atoms with Crippen molar-refractivity contribution in [2.45, 2.75) is 31.6 Å². The monoisotopic (exact) mass is 371 g/mol. The number of aromatic amines is 1. The number of H-pyrrole nitrogens is 1. The maximum absolute atomic E-state index is 12.5. The minimum atomic E-state index is -3.62. The summed E-state index contributed by atoms with van der Waals surface area (Å²) in [6.45, 7) is 3.37. The number of halogens is 1. The Morgan fingerprint density at radius 2 is 2.10 bits per heavy atom. The molecule has 2 N–H and O–H groups in total.